The first-order valence-electron chi connectivity index (χ1n) is 5.94. The number of esters is 1. The Bertz CT molecular complexity index is 517. The predicted octanol–water partition coefficient (Wildman–Crippen LogP) is 2.41. The summed E-state index contributed by atoms with van der Waals surface area (Å²) in [5, 5.41) is 2.75. The second-order valence-electron chi connectivity index (χ2n) is 4.45. The van der Waals surface area contributed by atoms with E-state index in [1.54, 1.807) is 0 Å². The first kappa shape index (κ1) is 14.0. The highest BCUT2D eigenvalue weighted by molar-refractivity contribution is 9.10. The second kappa shape index (κ2) is 5.69. The molecule has 0 radical (unpaired) electrons. The zero-order chi connectivity index (χ0) is 14.0. The Kier molecular flexibility index (Phi) is 4.19. The summed E-state index contributed by atoms with van der Waals surface area (Å²) in [6.07, 6.45) is 1.07. The summed E-state index contributed by atoms with van der Waals surface area (Å²) in [6, 6.07) is 3.86. The number of hydrogen-bond donors (Lipinski definition) is 1. The number of hydrogen-bond acceptors (Lipinski definition) is 3. The van der Waals surface area contributed by atoms with Crippen LogP contribution in [0.3, 0.4) is 0 Å². The first-order valence-corrected chi connectivity index (χ1v) is 6.73. The maximum Gasteiger partial charge on any atom is 0.340 e. The minimum Gasteiger partial charge on any atom is -0.449 e. The van der Waals surface area contributed by atoms with Crippen molar-refractivity contribution in [3.05, 3.63) is 34.1 Å². The second-order valence-corrected chi connectivity index (χ2v) is 5.31. The van der Waals surface area contributed by atoms with Gasteiger partial charge in [-0.1, -0.05) is 0 Å². The summed E-state index contributed by atoms with van der Waals surface area (Å²) in [7, 11) is 0. The molecule has 0 aromatic heterocycles. The molecule has 1 aliphatic rings. The molecular formula is C13H13BrFNO3. The molecule has 1 aliphatic carbocycles. The number of halogens is 2. The van der Waals surface area contributed by atoms with Crippen molar-refractivity contribution in [2.75, 3.05) is 0 Å². The normalized spacial score (nSPS) is 15.7. The molecule has 1 aromatic carbocycles. The zero-order valence-corrected chi connectivity index (χ0v) is 11.9. The fourth-order valence-corrected chi connectivity index (χ4v) is 1.99. The van der Waals surface area contributed by atoms with Crippen molar-refractivity contribution >= 4 is 27.8 Å². The lowest BCUT2D eigenvalue weighted by molar-refractivity contribution is -0.129. The van der Waals surface area contributed by atoms with Crippen molar-refractivity contribution in [2.24, 2.45) is 0 Å². The van der Waals surface area contributed by atoms with Crippen molar-refractivity contribution in [3.63, 3.8) is 0 Å². The quantitative estimate of drug-likeness (QED) is 0.863. The Hall–Kier alpha value is -1.43. The van der Waals surface area contributed by atoms with Gasteiger partial charge in [-0.05, 0) is 53.9 Å². The third-order valence-corrected chi connectivity index (χ3v) is 3.38. The fraction of sp³-hybridized carbons (Fsp3) is 0.385. The van der Waals surface area contributed by atoms with Crippen LogP contribution in [0, 0.1) is 5.82 Å². The van der Waals surface area contributed by atoms with Gasteiger partial charge in [0.05, 0.1) is 5.56 Å². The Balaban J connectivity index is 1.97. The van der Waals surface area contributed by atoms with Crippen LogP contribution in [0.1, 0.15) is 30.1 Å². The van der Waals surface area contributed by atoms with Crippen molar-refractivity contribution in [2.45, 2.75) is 31.9 Å². The molecule has 1 aromatic rings. The highest BCUT2D eigenvalue weighted by Gasteiger charge is 2.27. The number of carbonyl (C=O) groups is 2. The molecular weight excluding hydrogens is 317 g/mol. The summed E-state index contributed by atoms with van der Waals surface area (Å²) >= 11 is 3.08. The molecule has 4 nitrogen and oxygen atoms in total. The molecule has 2 rings (SSSR count). The molecule has 0 spiro atoms. The molecule has 19 heavy (non-hydrogen) atoms. The van der Waals surface area contributed by atoms with Crippen molar-refractivity contribution in [3.8, 4) is 0 Å². The lowest BCUT2D eigenvalue weighted by Crippen LogP contribution is -2.37. The monoisotopic (exact) mass is 329 g/mol. The molecule has 102 valence electrons. The van der Waals surface area contributed by atoms with E-state index < -0.39 is 17.9 Å². The van der Waals surface area contributed by atoms with Crippen LogP contribution < -0.4 is 5.32 Å². The third-order valence-electron chi connectivity index (χ3n) is 2.73. The van der Waals surface area contributed by atoms with Crippen LogP contribution in [-0.2, 0) is 9.53 Å². The van der Waals surface area contributed by atoms with E-state index in [4.69, 9.17) is 4.74 Å². The van der Waals surface area contributed by atoms with E-state index in [9.17, 15) is 14.0 Å². The van der Waals surface area contributed by atoms with Crippen LogP contribution >= 0.6 is 15.9 Å². The molecule has 1 saturated carbocycles. The lowest BCUT2D eigenvalue weighted by atomic mass is 10.2. The molecule has 0 bridgehead atoms. The Labute approximate surface area is 118 Å². The van der Waals surface area contributed by atoms with Gasteiger partial charge in [0.1, 0.15) is 5.82 Å². The number of nitrogens with one attached hydrogen (secondary N) is 1. The van der Waals surface area contributed by atoms with E-state index in [1.807, 2.05) is 0 Å². The smallest absolute Gasteiger partial charge is 0.340 e. The largest absolute Gasteiger partial charge is 0.449 e. The van der Waals surface area contributed by atoms with E-state index >= 15 is 0 Å². The summed E-state index contributed by atoms with van der Waals surface area (Å²) in [6.45, 7) is 1.51. The maximum atomic E-state index is 12.9. The molecule has 1 atom stereocenters. The van der Waals surface area contributed by atoms with Gasteiger partial charge in [0, 0.05) is 10.5 Å². The first-order chi connectivity index (χ1) is 8.97. The number of carbonyl (C=O) groups excluding carboxylic acids is 2. The van der Waals surface area contributed by atoms with Crippen molar-refractivity contribution in [1.29, 1.82) is 0 Å². The summed E-state index contributed by atoms with van der Waals surface area (Å²) in [5.74, 6) is -1.43. The van der Waals surface area contributed by atoms with Gasteiger partial charge >= 0.3 is 5.97 Å². The molecule has 0 unspecified atom stereocenters. The molecule has 0 heterocycles. The van der Waals surface area contributed by atoms with Crippen LogP contribution in [0.4, 0.5) is 4.39 Å². The van der Waals surface area contributed by atoms with Crippen LogP contribution in [-0.4, -0.2) is 24.0 Å². The molecule has 6 heteroatoms. The van der Waals surface area contributed by atoms with Gasteiger partial charge in [-0.3, -0.25) is 4.79 Å². The van der Waals surface area contributed by atoms with Gasteiger partial charge in [-0.15, -0.1) is 0 Å². The van der Waals surface area contributed by atoms with Crippen LogP contribution in [0.5, 0.6) is 0 Å². The number of amides is 1. The standard InChI is InChI=1S/C13H13BrFNO3/c1-7(12(17)16-9-3-4-9)19-13(18)10-5-2-8(15)6-11(10)14/h2,5-7,9H,3-4H2,1H3,(H,16,17)/t7-/m1/s1. The van der Waals surface area contributed by atoms with E-state index in [2.05, 4.69) is 21.2 Å². The van der Waals surface area contributed by atoms with Gasteiger partial charge < -0.3 is 10.1 Å². The topological polar surface area (TPSA) is 55.4 Å². The maximum absolute atomic E-state index is 12.9. The van der Waals surface area contributed by atoms with Crippen LogP contribution in [0.15, 0.2) is 22.7 Å². The van der Waals surface area contributed by atoms with Gasteiger partial charge in [-0.25, -0.2) is 9.18 Å². The Morgan fingerprint density at radius 2 is 2.16 bits per heavy atom. The minimum atomic E-state index is -0.870. The van der Waals surface area contributed by atoms with E-state index in [1.165, 1.54) is 19.1 Å². The van der Waals surface area contributed by atoms with Gasteiger partial charge in [0.25, 0.3) is 5.91 Å². The number of ether oxygens (including phenoxy) is 1. The number of benzene rings is 1. The molecule has 0 aliphatic heterocycles. The van der Waals surface area contributed by atoms with Crippen molar-refractivity contribution in [1.82, 2.24) is 5.32 Å². The van der Waals surface area contributed by atoms with E-state index in [0.717, 1.165) is 18.9 Å². The van der Waals surface area contributed by atoms with Crippen LogP contribution in [0.25, 0.3) is 0 Å². The van der Waals surface area contributed by atoms with E-state index in [-0.39, 0.29) is 17.5 Å². The highest BCUT2D eigenvalue weighted by Crippen LogP contribution is 2.21. The number of rotatable bonds is 4. The average Bonchev–Trinajstić information content (AvgIpc) is 3.12. The van der Waals surface area contributed by atoms with Gasteiger partial charge in [0.15, 0.2) is 6.10 Å². The molecule has 1 fully saturated rings. The summed E-state index contributed by atoms with van der Waals surface area (Å²) in [5.41, 5.74) is 0.187. The summed E-state index contributed by atoms with van der Waals surface area (Å²) in [4.78, 5) is 23.5. The Morgan fingerprint density at radius 3 is 2.74 bits per heavy atom. The third kappa shape index (κ3) is 3.76. The van der Waals surface area contributed by atoms with Crippen molar-refractivity contribution < 1.29 is 18.7 Å². The molecule has 1 N–H and O–H groups in total. The predicted molar refractivity (Wildman–Crippen MR) is 70.1 cm³/mol. The average molecular weight is 330 g/mol. The van der Waals surface area contributed by atoms with Gasteiger partial charge in [-0.2, -0.15) is 0 Å². The van der Waals surface area contributed by atoms with Crippen LogP contribution in [0.2, 0.25) is 0 Å². The summed E-state index contributed by atoms with van der Waals surface area (Å²) < 4.78 is 18.2. The van der Waals surface area contributed by atoms with E-state index in [0.29, 0.717) is 4.47 Å². The van der Waals surface area contributed by atoms with Gasteiger partial charge in [0.2, 0.25) is 0 Å². The molecule has 1 amide bonds. The molecule has 0 saturated heterocycles. The minimum absolute atomic E-state index is 0.187. The SMILES string of the molecule is C[C@@H](OC(=O)c1ccc(F)cc1Br)C(=O)NC1CC1. The lowest BCUT2D eigenvalue weighted by Gasteiger charge is -2.13. The zero-order valence-electron chi connectivity index (χ0n) is 10.3. The fourth-order valence-electron chi connectivity index (χ4n) is 1.48. The Morgan fingerprint density at radius 1 is 1.47 bits per heavy atom. The highest BCUT2D eigenvalue weighted by atomic mass is 79.9.